The van der Waals surface area contributed by atoms with Gasteiger partial charge >= 0.3 is 0 Å². The lowest BCUT2D eigenvalue weighted by Crippen LogP contribution is -2.26. The molecular formula is C15H16ClN5O. The van der Waals surface area contributed by atoms with Gasteiger partial charge in [-0.25, -0.2) is 9.50 Å². The van der Waals surface area contributed by atoms with Gasteiger partial charge in [0, 0.05) is 25.4 Å². The Morgan fingerprint density at radius 3 is 2.86 bits per heavy atom. The van der Waals surface area contributed by atoms with E-state index in [1.807, 2.05) is 31.2 Å². The van der Waals surface area contributed by atoms with Crippen LogP contribution in [-0.2, 0) is 4.79 Å². The second-order valence-electron chi connectivity index (χ2n) is 5.02. The Morgan fingerprint density at radius 1 is 1.32 bits per heavy atom. The van der Waals surface area contributed by atoms with Crippen molar-refractivity contribution in [3.8, 4) is 0 Å². The van der Waals surface area contributed by atoms with Gasteiger partial charge < -0.3 is 10.6 Å². The van der Waals surface area contributed by atoms with Crippen molar-refractivity contribution < 1.29 is 4.79 Å². The maximum absolute atomic E-state index is 10.9. The van der Waals surface area contributed by atoms with Crippen LogP contribution in [0.1, 0.15) is 12.6 Å². The Balaban J connectivity index is 2.03. The Morgan fingerprint density at radius 2 is 2.09 bits per heavy atom. The molecule has 0 aliphatic carbocycles. The zero-order chi connectivity index (χ0) is 15.7. The van der Waals surface area contributed by atoms with E-state index in [1.165, 1.54) is 6.92 Å². The highest BCUT2D eigenvalue weighted by atomic mass is 35.5. The average Bonchev–Trinajstić information content (AvgIpc) is 2.79. The molecule has 0 radical (unpaired) electrons. The van der Waals surface area contributed by atoms with Crippen LogP contribution in [0.2, 0.25) is 5.02 Å². The van der Waals surface area contributed by atoms with Crippen molar-refractivity contribution in [1.82, 2.24) is 19.9 Å². The summed E-state index contributed by atoms with van der Waals surface area (Å²) in [5.41, 5.74) is 2.30. The number of nitrogens with one attached hydrogen (secondary N) is 2. The smallest absolute Gasteiger partial charge is 0.216 e. The van der Waals surface area contributed by atoms with E-state index in [0.29, 0.717) is 23.8 Å². The highest BCUT2D eigenvalue weighted by molar-refractivity contribution is 6.34. The van der Waals surface area contributed by atoms with Gasteiger partial charge in [-0.05, 0) is 19.1 Å². The predicted molar refractivity (Wildman–Crippen MR) is 87.4 cm³/mol. The number of fused-ring (bicyclic) bond motifs is 3. The molecular weight excluding hydrogens is 302 g/mol. The summed E-state index contributed by atoms with van der Waals surface area (Å²) >= 11 is 6.29. The molecule has 2 heterocycles. The quantitative estimate of drug-likeness (QED) is 0.725. The molecule has 0 unspecified atom stereocenters. The van der Waals surface area contributed by atoms with E-state index in [0.717, 1.165) is 22.4 Å². The van der Waals surface area contributed by atoms with Crippen LogP contribution in [0, 0.1) is 6.92 Å². The van der Waals surface area contributed by atoms with Crippen molar-refractivity contribution in [2.45, 2.75) is 13.8 Å². The highest BCUT2D eigenvalue weighted by Crippen LogP contribution is 2.27. The molecule has 0 aliphatic rings. The first kappa shape index (κ1) is 14.6. The number of halogens is 1. The third kappa shape index (κ3) is 2.57. The van der Waals surface area contributed by atoms with E-state index in [9.17, 15) is 4.79 Å². The van der Waals surface area contributed by atoms with Gasteiger partial charge in [0.25, 0.3) is 0 Å². The molecule has 0 fully saturated rings. The van der Waals surface area contributed by atoms with Crippen molar-refractivity contribution >= 4 is 39.9 Å². The maximum Gasteiger partial charge on any atom is 0.216 e. The Kier molecular flexibility index (Phi) is 3.85. The molecule has 114 valence electrons. The van der Waals surface area contributed by atoms with Gasteiger partial charge in [0.1, 0.15) is 10.8 Å². The van der Waals surface area contributed by atoms with Gasteiger partial charge in [-0.15, -0.1) is 0 Å². The van der Waals surface area contributed by atoms with Crippen molar-refractivity contribution in [3.05, 3.63) is 35.0 Å². The Labute approximate surface area is 132 Å². The van der Waals surface area contributed by atoms with Crippen LogP contribution in [0.25, 0.3) is 16.6 Å². The lowest BCUT2D eigenvalue weighted by Gasteiger charge is -2.10. The van der Waals surface area contributed by atoms with Crippen LogP contribution in [0.5, 0.6) is 0 Å². The summed E-state index contributed by atoms with van der Waals surface area (Å²) in [6.07, 6.45) is 0. The molecule has 3 aromatic rings. The van der Waals surface area contributed by atoms with Crippen molar-refractivity contribution in [2.24, 2.45) is 0 Å². The Bertz CT molecular complexity index is 858. The number of aryl methyl sites for hydroxylation is 1. The lowest BCUT2D eigenvalue weighted by atomic mass is 10.2. The fraction of sp³-hybridized carbons (Fsp3) is 0.267. The predicted octanol–water partition coefficient (Wildman–Crippen LogP) is 2.39. The number of nitrogens with zero attached hydrogens (tertiary/aromatic N) is 3. The summed E-state index contributed by atoms with van der Waals surface area (Å²) in [7, 11) is 0. The van der Waals surface area contributed by atoms with E-state index in [-0.39, 0.29) is 5.91 Å². The number of amides is 1. The Hall–Kier alpha value is -2.34. The number of hydrogen-bond donors (Lipinski definition) is 2. The monoisotopic (exact) mass is 317 g/mol. The molecule has 0 atom stereocenters. The molecule has 22 heavy (non-hydrogen) atoms. The number of hydrogen-bond acceptors (Lipinski definition) is 4. The molecule has 1 aromatic carbocycles. The SMILES string of the molecule is CC(=O)NCCNc1nc2c(Cl)c(C)nn2c2ccccc12. The van der Waals surface area contributed by atoms with E-state index in [1.54, 1.807) is 4.52 Å². The molecule has 0 saturated heterocycles. The van der Waals surface area contributed by atoms with Crippen molar-refractivity contribution in [1.29, 1.82) is 0 Å². The molecule has 0 aliphatic heterocycles. The topological polar surface area (TPSA) is 71.3 Å². The summed E-state index contributed by atoms with van der Waals surface area (Å²) in [4.78, 5) is 15.5. The first-order chi connectivity index (χ1) is 10.6. The van der Waals surface area contributed by atoms with Gasteiger partial charge in [-0.3, -0.25) is 4.79 Å². The zero-order valence-corrected chi connectivity index (χ0v) is 13.1. The number of anilines is 1. The van der Waals surface area contributed by atoms with Crippen LogP contribution in [0.4, 0.5) is 5.82 Å². The second-order valence-corrected chi connectivity index (χ2v) is 5.40. The number of benzene rings is 1. The van der Waals surface area contributed by atoms with Crippen molar-refractivity contribution in [3.63, 3.8) is 0 Å². The lowest BCUT2D eigenvalue weighted by molar-refractivity contribution is -0.118. The van der Waals surface area contributed by atoms with Crippen LogP contribution in [0.15, 0.2) is 24.3 Å². The zero-order valence-electron chi connectivity index (χ0n) is 12.4. The second kappa shape index (κ2) is 5.81. The molecule has 0 bridgehead atoms. The highest BCUT2D eigenvalue weighted by Gasteiger charge is 2.14. The van der Waals surface area contributed by atoms with Gasteiger partial charge in [0.2, 0.25) is 5.91 Å². The molecule has 1 amide bonds. The van der Waals surface area contributed by atoms with E-state index in [2.05, 4.69) is 20.7 Å². The van der Waals surface area contributed by atoms with Crippen LogP contribution in [-0.4, -0.2) is 33.6 Å². The first-order valence-electron chi connectivity index (χ1n) is 7.00. The molecule has 0 saturated carbocycles. The summed E-state index contributed by atoms with van der Waals surface area (Å²) in [5, 5.41) is 11.9. The number of carbonyl (C=O) groups is 1. The summed E-state index contributed by atoms with van der Waals surface area (Å²) in [6.45, 7) is 4.46. The summed E-state index contributed by atoms with van der Waals surface area (Å²) in [6, 6.07) is 7.86. The van der Waals surface area contributed by atoms with E-state index >= 15 is 0 Å². The van der Waals surface area contributed by atoms with Crippen LogP contribution in [0.3, 0.4) is 0 Å². The van der Waals surface area contributed by atoms with Crippen LogP contribution >= 0.6 is 11.6 Å². The number of rotatable bonds is 4. The molecule has 0 spiro atoms. The van der Waals surface area contributed by atoms with E-state index < -0.39 is 0 Å². The first-order valence-corrected chi connectivity index (χ1v) is 7.37. The fourth-order valence-electron chi connectivity index (χ4n) is 2.34. The summed E-state index contributed by atoms with van der Waals surface area (Å²) < 4.78 is 1.76. The number of carbonyl (C=O) groups excluding carboxylic acids is 1. The standard InChI is InChI=1S/C15H16ClN5O/c1-9-13(16)15-19-14(18-8-7-17-10(2)22)11-5-3-4-6-12(11)21(15)20-9/h3-6H,7-8H2,1-2H3,(H,17,22)(H,18,19). The molecule has 2 aromatic heterocycles. The molecule has 6 nitrogen and oxygen atoms in total. The van der Waals surface area contributed by atoms with E-state index in [4.69, 9.17) is 11.6 Å². The molecule has 3 rings (SSSR count). The van der Waals surface area contributed by atoms with Gasteiger partial charge in [-0.1, -0.05) is 23.7 Å². The minimum Gasteiger partial charge on any atom is -0.368 e. The fourth-order valence-corrected chi connectivity index (χ4v) is 2.50. The van der Waals surface area contributed by atoms with Gasteiger partial charge in [0.05, 0.1) is 11.2 Å². The van der Waals surface area contributed by atoms with Gasteiger partial charge in [0.15, 0.2) is 5.65 Å². The third-order valence-electron chi connectivity index (χ3n) is 3.36. The summed E-state index contributed by atoms with van der Waals surface area (Å²) in [5.74, 6) is 0.680. The van der Waals surface area contributed by atoms with Crippen LogP contribution < -0.4 is 10.6 Å². The average molecular weight is 318 g/mol. The maximum atomic E-state index is 10.9. The number of aromatic nitrogens is 3. The number of para-hydroxylation sites is 1. The largest absolute Gasteiger partial charge is 0.368 e. The van der Waals surface area contributed by atoms with Crippen molar-refractivity contribution in [2.75, 3.05) is 18.4 Å². The minimum absolute atomic E-state index is 0.0514. The third-order valence-corrected chi connectivity index (χ3v) is 3.80. The molecule has 2 N–H and O–H groups in total. The minimum atomic E-state index is -0.0514. The van der Waals surface area contributed by atoms with Gasteiger partial charge in [-0.2, -0.15) is 5.10 Å². The molecule has 7 heteroatoms. The normalized spacial score (nSPS) is 11.0.